The molecule has 5 heteroatoms. The van der Waals surface area contributed by atoms with Gasteiger partial charge in [-0.2, -0.15) is 0 Å². The van der Waals surface area contributed by atoms with Crippen molar-refractivity contribution < 1.29 is 18.5 Å². The zero-order valence-corrected chi connectivity index (χ0v) is 23.5. The number of rotatable bonds is 9. The Bertz CT molecular complexity index is 730. The zero-order chi connectivity index (χ0) is 25.4. The van der Waals surface area contributed by atoms with Gasteiger partial charge in [-0.3, -0.25) is 9.59 Å². The normalized spacial score (nSPS) is 13.6. The molecule has 4 nitrogen and oxygen atoms in total. The molecule has 0 fully saturated rings. The fraction of sp³-hybridized carbons (Fsp3) is 0.704. The molecule has 184 valence electrons. The minimum Gasteiger partial charge on any atom is -0.459 e. The van der Waals surface area contributed by atoms with Crippen LogP contribution in [-0.4, -0.2) is 24.0 Å². The second-order valence-electron chi connectivity index (χ2n) is 10.2. The lowest BCUT2D eigenvalue weighted by Gasteiger charge is -2.29. The molecular formula is C27H46O4S. The Morgan fingerprint density at radius 2 is 1.31 bits per heavy atom. The molecule has 0 aliphatic heterocycles. The summed E-state index contributed by atoms with van der Waals surface area (Å²) in [6, 6.07) is 4.51. The highest BCUT2D eigenvalue weighted by Gasteiger charge is 2.42. The lowest BCUT2D eigenvalue weighted by atomic mass is 9.87. The molecule has 0 saturated carbocycles. The van der Waals surface area contributed by atoms with Crippen molar-refractivity contribution in [2.75, 3.05) is 6.61 Å². The van der Waals surface area contributed by atoms with E-state index >= 15 is 0 Å². The van der Waals surface area contributed by atoms with E-state index in [1.54, 1.807) is 27.7 Å². The highest BCUT2D eigenvalue weighted by atomic mass is 32.2. The van der Waals surface area contributed by atoms with Crippen LogP contribution in [0, 0.1) is 5.41 Å². The number of hydrogen-bond acceptors (Lipinski definition) is 5. The maximum Gasteiger partial charge on any atom is 0.322 e. The Hall–Kier alpha value is -1.33. The molecule has 0 aliphatic carbocycles. The van der Waals surface area contributed by atoms with Crippen LogP contribution < -0.4 is 0 Å². The van der Waals surface area contributed by atoms with Gasteiger partial charge in [0.05, 0.1) is 6.61 Å². The Balaban J connectivity index is 0.00000466. The van der Waals surface area contributed by atoms with Gasteiger partial charge < -0.3 is 8.92 Å². The van der Waals surface area contributed by atoms with E-state index in [-0.39, 0.29) is 12.4 Å². The molecule has 0 saturated heterocycles. The van der Waals surface area contributed by atoms with Gasteiger partial charge in [-0.05, 0) is 69.1 Å². The smallest absolute Gasteiger partial charge is 0.322 e. The van der Waals surface area contributed by atoms with Crippen LogP contribution in [0.15, 0.2) is 17.0 Å². The molecular weight excluding hydrogens is 420 g/mol. The average molecular weight is 467 g/mol. The van der Waals surface area contributed by atoms with Gasteiger partial charge >= 0.3 is 5.97 Å². The maximum atomic E-state index is 12.7. The number of esters is 1. The minimum absolute atomic E-state index is 0.0388. The van der Waals surface area contributed by atoms with Crippen LogP contribution in [0.2, 0.25) is 0 Å². The van der Waals surface area contributed by atoms with Gasteiger partial charge in [0.2, 0.25) is 0 Å². The molecule has 1 aromatic rings. The third kappa shape index (κ3) is 8.55. The van der Waals surface area contributed by atoms with Gasteiger partial charge in [0.25, 0.3) is 0 Å². The zero-order valence-electron chi connectivity index (χ0n) is 22.6. The molecule has 0 spiro atoms. The van der Waals surface area contributed by atoms with E-state index in [2.05, 4.69) is 53.7 Å². The van der Waals surface area contributed by atoms with Gasteiger partial charge in [-0.1, -0.05) is 67.5 Å². The number of hydrogen-bond donors (Lipinski definition) is 0. The van der Waals surface area contributed by atoms with Crippen molar-refractivity contribution in [3.8, 4) is 0 Å². The first kappa shape index (κ1) is 30.7. The van der Waals surface area contributed by atoms with Crippen molar-refractivity contribution in [3.05, 3.63) is 28.8 Å². The molecule has 0 bridgehead atoms. The van der Waals surface area contributed by atoms with Crippen LogP contribution >= 0.6 is 12.0 Å². The number of benzene rings is 1. The van der Waals surface area contributed by atoms with Crippen LogP contribution in [0.3, 0.4) is 0 Å². The topological polar surface area (TPSA) is 52.6 Å². The number of Topliss-reactive ketones (excluding diaryl/α,β-unsaturated/α-hetero) is 1. The monoisotopic (exact) mass is 466 g/mol. The number of ether oxygens (including phenoxy) is 1. The molecule has 0 aliphatic rings. The molecule has 32 heavy (non-hydrogen) atoms. The first-order valence-corrected chi connectivity index (χ1v) is 12.6. The summed E-state index contributed by atoms with van der Waals surface area (Å²) in [6.45, 7) is 25.4. The third-order valence-corrected chi connectivity index (χ3v) is 6.07. The fourth-order valence-electron chi connectivity index (χ4n) is 2.89. The van der Waals surface area contributed by atoms with Crippen molar-refractivity contribution in [2.24, 2.45) is 5.41 Å². The summed E-state index contributed by atoms with van der Waals surface area (Å²) in [5.74, 6) is 0.287. The van der Waals surface area contributed by atoms with Crippen molar-refractivity contribution in [3.63, 3.8) is 0 Å². The largest absolute Gasteiger partial charge is 0.459 e. The van der Waals surface area contributed by atoms with E-state index in [0.717, 1.165) is 4.90 Å². The molecule has 0 amide bonds. The van der Waals surface area contributed by atoms with Gasteiger partial charge in [0.15, 0.2) is 0 Å². The van der Waals surface area contributed by atoms with Crippen molar-refractivity contribution in [1.82, 2.24) is 0 Å². The van der Waals surface area contributed by atoms with Gasteiger partial charge in [0, 0.05) is 16.9 Å². The molecule has 0 heterocycles. The summed E-state index contributed by atoms with van der Waals surface area (Å²) in [5, 5.41) is 0. The number of ketones is 1. The van der Waals surface area contributed by atoms with Gasteiger partial charge in [0.1, 0.15) is 16.8 Å². The number of carbonyl (C=O) groups excluding carboxylic acids is 2. The highest BCUT2D eigenvalue weighted by Crippen LogP contribution is 2.39. The Labute approximate surface area is 201 Å². The Morgan fingerprint density at radius 1 is 0.875 bits per heavy atom. The summed E-state index contributed by atoms with van der Waals surface area (Å²) in [7, 11) is 0. The molecule has 0 N–H and O–H groups in total. The van der Waals surface area contributed by atoms with Crippen LogP contribution in [0.4, 0.5) is 0 Å². The molecule has 1 atom stereocenters. The van der Waals surface area contributed by atoms with E-state index in [1.165, 1.54) is 35.7 Å². The van der Waals surface area contributed by atoms with Crippen LogP contribution in [-0.2, 0) is 18.5 Å². The van der Waals surface area contributed by atoms with Gasteiger partial charge in [-0.25, -0.2) is 0 Å². The van der Waals surface area contributed by atoms with Crippen molar-refractivity contribution in [2.45, 2.75) is 118 Å². The SMILES string of the molecule is CC.CC(=O)C(C)(COSc1c(C(C)C)cc(C(C)C)cc1C(C)C)C(=O)OC(C)(C)C. The Kier molecular flexibility index (Phi) is 12.3. The molecule has 0 radical (unpaired) electrons. The molecule has 0 aromatic heterocycles. The first-order chi connectivity index (χ1) is 14.6. The standard InChI is InChI=1S/C25H40O4S.C2H6/c1-15(2)19-12-20(16(3)4)22(21(13-19)17(5)6)30-28-14-25(11,18(7)26)23(27)29-24(8,9)10;1-2/h12-13,15-17H,14H2,1-11H3;1-2H3. The van der Waals surface area contributed by atoms with E-state index in [0.29, 0.717) is 17.8 Å². The van der Waals surface area contributed by atoms with E-state index < -0.39 is 17.0 Å². The van der Waals surface area contributed by atoms with E-state index in [4.69, 9.17) is 8.92 Å². The first-order valence-electron chi connectivity index (χ1n) is 11.8. The van der Waals surface area contributed by atoms with Crippen LogP contribution in [0.5, 0.6) is 0 Å². The predicted octanol–water partition coefficient (Wildman–Crippen LogP) is 8.04. The van der Waals surface area contributed by atoms with Crippen LogP contribution in [0.25, 0.3) is 0 Å². The lowest BCUT2D eigenvalue weighted by molar-refractivity contribution is -0.170. The summed E-state index contributed by atoms with van der Waals surface area (Å²) in [6.07, 6.45) is 0. The molecule has 1 aromatic carbocycles. The van der Waals surface area contributed by atoms with Crippen molar-refractivity contribution >= 4 is 23.8 Å². The molecule has 1 unspecified atom stereocenters. The van der Waals surface area contributed by atoms with Crippen molar-refractivity contribution in [1.29, 1.82) is 0 Å². The van der Waals surface area contributed by atoms with E-state index in [1.807, 2.05) is 13.8 Å². The average Bonchev–Trinajstić information content (AvgIpc) is 2.67. The second kappa shape index (κ2) is 12.8. The highest BCUT2D eigenvalue weighted by molar-refractivity contribution is 7.94. The second-order valence-corrected chi connectivity index (χ2v) is 11.0. The lowest BCUT2D eigenvalue weighted by Crippen LogP contribution is -2.43. The van der Waals surface area contributed by atoms with Crippen LogP contribution in [0.1, 0.15) is 124 Å². The fourth-order valence-corrected chi connectivity index (χ4v) is 4.08. The predicted molar refractivity (Wildman–Crippen MR) is 136 cm³/mol. The summed E-state index contributed by atoms with van der Waals surface area (Å²) in [5.41, 5.74) is 1.78. The third-order valence-electron chi connectivity index (χ3n) is 5.20. The maximum absolute atomic E-state index is 12.7. The summed E-state index contributed by atoms with van der Waals surface area (Å²) < 4.78 is 11.4. The minimum atomic E-state index is -1.34. The van der Waals surface area contributed by atoms with Gasteiger partial charge in [-0.15, -0.1) is 0 Å². The van der Waals surface area contributed by atoms with E-state index in [9.17, 15) is 9.59 Å². The summed E-state index contributed by atoms with van der Waals surface area (Å²) in [4.78, 5) is 26.1. The quantitative estimate of drug-likeness (QED) is 0.209. The molecule has 1 rings (SSSR count). The summed E-state index contributed by atoms with van der Waals surface area (Å²) >= 11 is 1.27. The Morgan fingerprint density at radius 3 is 1.62 bits per heavy atom. The number of carbonyl (C=O) groups is 2.